The molecule has 2 aromatic carbocycles. The number of aromatic amines is 1. The van der Waals surface area contributed by atoms with Crippen molar-refractivity contribution in [1.29, 1.82) is 0 Å². The minimum absolute atomic E-state index is 0.0470. The van der Waals surface area contributed by atoms with Gasteiger partial charge in [0.2, 0.25) is 0 Å². The van der Waals surface area contributed by atoms with Gasteiger partial charge in [0.25, 0.3) is 11.8 Å². The number of aromatic nitrogens is 3. The van der Waals surface area contributed by atoms with E-state index in [1.54, 1.807) is 0 Å². The molecular formula is C30H28N6O2. The summed E-state index contributed by atoms with van der Waals surface area (Å²) in [5.41, 5.74) is 8.16. The van der Waals surface area contributed by atoms with E-state index in [0.29, 0.717) is 23.0 Å². The fraction of sp³-hybridized carbons (Fsp3) is 0.233. The summed E-state index contributed by atoms with van der Waals surface area (Å²) in [6.45, 7) is 5.79. The summed E-state index contributed by atoms with van der Waals surface area (Å²) in [4.78, 5) is 29.4. The van der Waals surface area contributed by atoms with Crippen molar-refractivity contribution in [1.82, 2.24) is 25.4 Å². The Bertz CT molecular complexity index is 1620. The van der Waals surface area contributed by atoms with Crippen LogP contribution in [0.4, 0.5) is 5.69 Å². The molecule has 1 saturated heterocycles. The van der Waals surface area contributed by atoms with E-state index in [-0.39, 0.29) is 17.9 Å². The van der Waals surface area contributed by atoms with Crippen LogP contribution < -0.4 is 16.0 Å². The number of para-hydroxylation sites is 1. The molecule has 8 heteroatoms. The highest BCUT2D eigenvalue weighted by Crippen LogP contribution is 2.42. The van der Waals surface area contributed by atoms with Gasteiger partial charge >= 0.3 is 0 Å². The third kappa shape index (κ3) is 3.68. The number of H-pyrrole nitrogens is 1. The van der Waals surface area contributed by atoms with Gasteiger partial charge in [-0.05, 0) is 67.2 Å². The topological polar surface area (TPSA) is 104 Å². The molecule has 2 fully saturated rings. The number of aryl methyl sites for hydroxylation is 1. The molecule has 4 aromatic rings. The minimum Gasteiger partial charge on any atom is -0.358 e. The largest absolute Gasteiger partial charge is 0.358 e. The number of carbonyl (C=O) groups excluding carboxylic acids is 2. The van der Waals surface area contributed by atoms with Crippen molar-refractivity contribution in [2.24, 2.45) is 11.8 Å². The molecule has 4 heterocycles. The van der Waals surface area contributed by atoms with Crippen molar-refractivity contribution in [3.05, 3.63) is 89.0 Å². The summed E-state index contributed by atoms with van der Waals surface area (Å²) in [5, 5.41) is 14.1. The van der Waals surface area contributed by atoms with E-state index in [4.69, 9.17) is 0 Å². The number of anilines is 1. The first-order valence-electron chi connectivity index (χ1n) is 13.0. The average Bonchev–Trinajstić information content (AvgIpc) is 3.45. The maximum absolute atomic E-state index is 13.1. The van der Waals surface area contributed by atoms with Crippen LogP contribution in [0.1, 0.15) is 32.9 Å². The second kappa shape index (κ2) is 8.56. The van der Waals surface area contributed by atoms with Crippen LogP contribution in [0.25, 0.3) is 28.5 Å². The number of piperidine rings is 1. The summed E-state index contributed by atoms with van der Waals surface area (Å²) < 4.78 is 1.84. The van der Waals surface area contributed by atoms with Crippen LogP contribution in [-0.2, 0) is 4.79 Å². The number of nitrogens with one attached hydrogen (secondary N) is 4. The van der Waals surface area contributed by atoms with Crippen molar-refractivity contribution in [3.63, 3.8) is 0 Å². The third-order valence-corrected chi connectivity index (χ3v) is 8.12. The van der Waals surface area contributed by atoms with Crippen molar-refractivity contribution < 1.29 is 9.59 Å². The zero-order valence-corrected chi connectivity index (χ0v) is 21.2. The van der Waals surface area contributed by atoms with Gasteiger partial charge in [0.05, 0.1) is 23.0 Å². The van der Waals surface area contributed by atoms with Crippen LogP contribution in [0.2, 0.25) is 0 Å². The van der Waals surface area contributed by atoms with Gasteiger partial charge in [-0.1, -0.05) is 24.3 Å². The molecule has 1 unspecified atom stereocenters. The van der Waals surface area contributed by atoms with Crippen molar-refractivity contribution >= 4 is 29.2 Å². The number of benzene rings is 2. The minimum atomic E-state index is -0.159. The number of fused-ring (bicyclic) bond motifs is 2. The summed E-state index contributed by atoms with van der Waals surface area (Å²) in [6.07, 6.45) is 5.67. The molecule has 2 amide bonds. The molecule has 0 bridgehead atoms. The lowest BCUT2D eigenvalue weighted by atomic mass is 9.99. The molecule has 2 aromatic heterocycles. The van der Waals surface area contributed by atoms with Gasteiger partial charge in [-0.15, -0.1) is 0 Å². The second-order valence-electron chi connectivity index (χ2n) is 10.4. The molecule has 1 saturated carbocycles. The van der Waals surface area contributed by atoms with Crippen molar-refractivity contribution in [2.45, 2.75) is 19.9 Å². The molecule has 1 aliphatic carbocycles. The molecule has 8 nitrogen and oxygen atoms in total. The molecule has 0 spiro atoms. The zero-order chi connectivity index (χ0) is 26.0. The molecule has 2 aliphatic heterocycles. The van der Waals surface area contributed by atoms with E-state index in [0.717, 1.165) is 58.1 Å². The molecule has 7 rings (SSSR count). The Balaban J connectivity index is 1.19. The summed E-state index contributed by atoms with van der Waals surface area (Å²) in [7, 11) is 0. The third-order valence-electron chi connectivity index (χ3n) is 8.12. The molecule has 4 N–H and O–H groups in total. The lowest BCUT2D eigenvalue weighted by molar-refractivity contribution is -0.110. The fourth-order valence-electron chi connectivity index (χ4n) is 5.96. The van der Waals surface area contributed by atoms with E-state index in [9.17, 15) is 9.59 Å². The molecule has 38 heavy (non-hydrogen) atoms. The number of hydrogen-bond donors (Lipinski definition) is 4. The summed E-state index contributed by atoms with van der Waals surface area (Å²) in [5.74, 6) is 0.892. The quantitative estimate of drug-likeness (QED) is 0.309. The number of nitrogens with zero attached hydrogens (tertiary/aromatic N) is 2. The number of carbonyl (C=O) groups is 2. The smallest absolute Gasteiger partial charge is 0.256 e. The van der Waals surface area contributed by atoms with Gasteiger partial charge in [-0.2, -0.15) is 5.10 Å². The molecule has 0 radical (unpaired) electrons. The van der Waals surface area contributed by atoms with Crippen LogP contribution in [0.5, 0.6) is 0 Å². The van der Waals surface area contributed by atoms with Crippen LogP contribution in [0.3, 0.4) is 0 Å². The van der Waals surface area contributed by atoms with Gasteiger partial charge in [0, 0.05) is 53.5 Å². The Morgan fingerprint density at radius 1 is 1.08 bits per heavy atom. The highest BCUT2D eigenvalue weighted by Gasteiger charge is 2.53. The van der Waals surface area contributed by atoms with E-state index in [2.05, 4.69) is 26.0 Å². The Hall–Kier alpha value is -4.43. The van der Waals surface area contributed by atoms with Crippen LogP contribution in [0, 0.1) is 25.7 Å². The molecule has 190 valence electrons. The molecule has 3 atom stereocenters. The molecule has 3 aliphatic rings. The Morgan fingerprint density at radius 3 is 2.66 bits per heavy atom. The Labute approximate surface area is 220 Å². The predicted molar refractivity (Wildman–Crippen MR) is 147 cm³/mol. The van der Waals surface area contributed by atoms with E-state index < -0.39 is 0 Å². The zero-order valence-electron chi connectivity index (χ0n) is 21.2. The lowest BCUT2D eigenvalue weighted by Crippen LogP contribution is -2.33. The highest BCUT2D eigenvalue weighted by atomic mass is 16.2. The van der Waals surface area contributed by atoms with Gasteiger partial charge in [-0.3, -0.25) is 9.59 Å². The van der Waals surface area contributed by atoms with E-state index in [1.807, 2.05) is 85.5 Å². The molecular weight excluding hydrogens is 476 g/mol. The number of hydrogen-bond acceptors (Lipinski definition) is 4. The van der Waals surface area contributed by atoms with Crippen molar-refractivity contribution in [2.75, 3.05) is 18.4 Å². The maximum atomic E-state index is 13.1. The first-order valence-corrected chi connectivity index (χ1v) is 13.0. The summed E-state index contributed by atoms with van der Waals surface area (Å²) in [6, 6.07) is 16.1. The van der Waals surface area contributed by atoms with Crippen molar-refractivity contribution in [3.8, 4) is 16.8 Å². The van der Waals surface area contributed by atoms with Crippen LogP contribution >= 0.6 is 0 Å². The van der Waals surface area contributed by atoms with E-state index >= 15 is 0 Å². The number of amides is 2. The predicted octanol–water partition coefficient (Wildman–Crippen LogP) is 3.92. The van der Waals surface area contributed by atoms with E-state index in [1.165, 1.54) is 0 Å². The van der Waals surface area contributed by atoms with Crippen LogP contribution in [0.15, 0.2) is 60.9 Å². The van der Waals surface area contributed by atoms with Gasteiger partial charge in [0.1, 0.15) is 0 Å². The van der Waals surface area contributed by atoms with Gasteiger partial charge in [0.15, 0.2) is 0 Å². The Morgan fingerprint density at radius 2 is 1.87 bits per heavy atom. The monoisotopic (exact) mass is 504 g/mol. The highest BCUT2D eigenvalue weighted by molar-refractivity contribution is 6.35. The normalized spacial score (nSPS) is 22.3. The Kier molecular flexibility index (Phi) is 5.13. The summed E-state index contributed by atoms with van der Waals surface area (Å²) >= 11 is 0. The first-order chi connectivity index (χ1) is 18.5. The average molecular weight is 505 g/mol. The standard InChI is InChI=1S/C30H28N6O2/c1-16-26(33-17(2)27(16)30(38)35-28-23-13-31-14-24(23)28)11-22-21-10-18(8-9-25(21)34-29(22)37)19-12-32-36(15-19)20-6-4-3-5-7-20/h3-12,15,23-24,28,31,33H,13-14H2,1-2H3,(H,34,37)(H,35,38)/b22-11-/t23-,24+,28?. The first kappa shape index (κ1) is 22.7. The van der Waals surface area contributed by atoms with Gasteiger partial charge < -0.3 is 20.9 Å². The van der Waals surface area contributed by atoms with Gasteiger partial charge in [-0.25, -0.2) is 4.68 Å². The number of rotatable bonds is 5. The van der Waals surface area contributed by atoms with Crippen LogP contribution in [-0.4, -0.2) is 45.7 Å². The lowest BCUT2D eigenvalue weighted by Gasteiger charge is -2.08. The maximum Gasteiger partial charge on any atom is 0.256 e. The SMILES string of the molecule is Cc1[nH]c(/C=C2\C(=O)Nc3ccc(-c4cnn(-c5ccccc5)c4)cc32)c(C)c1C(=O)NC1[C@H]2CNC[C@@H]12. The second-order valence-corrected chi connectivity index (χ2v) is 10.4. The fourth-order valence-corrected chi connectivity index (χ4v) is 5.96.